The molecular weight excluding hydrogens is 474 g/mol. The molecule has 1 aromatic heterocycles. The Morgan fingerprint density at radius 1 is 0.972 bits per heavy atom. The summed E-state index contributed by atoms with van der Waals surface area (Å²) < 4.78 is 12.6. The fraction of sp³-hybridized carbons (Fsp3) is 0.185. The van der Waals surface area contributed by atoms with Gasteiger partial charge < -0.3 is 9.47 Å². The number of nitrogens with one attached hydrogen (secondary N) is 1. The molecular formula is C27H27N5O3S. The van der Waals surface area contributed by atoms with E-state index >= 15 is 0 Å². The van der Waals surface area contributed by atoms with Gasteiger partial charge in [-0.15, -0.1) is 10.2 Å². The van der Waals surface area contributed by atoms with Gasteiger partial charge in [-0.25, -0.2) is 5.43 Å². The SMILES string of the molecule is COc1ccc(/C(C)=N\NC(=O)CSc2nnc(-c3ccc(C)cc3)n2-c2ccccc2)cc1OC. The minimum absolute atomic E-state index is 0.127. The van der Waals surface area contributed by atoms with Gasteiger partial charge in [0.05, 0.1) is 25.7 Å². The highest BCUT2D eigenvalue weighted by Crippen LogP contribution is 2.29. The number of carbonyl (C=O) groups is 1. The number of rotatable bonds is 9. The van der Waals surface area contributed by atoms with Gasteiger partial charge in [-0.2, -0.15) is 5.10 Å². The second-order valence-electron chi connectivity index (χ2n) is 7.93. The van der Waals surface area contributed by atoms with E-state index < -0.39 is 0 Å². The van der Waals surface area contributed by atoms with Gasteiger partial charge >= 0.3 is 0 Å². The number of carbonyl (C=O) groups excluding carboxylic acids is 1. The van der Waals surface area contributed by atoms with E-state index in [-0.39, 0.29) is 11.7 Å². The molecule has 0 spiro atoms. The van der Waals surface area contributed by atoms with Gasteiger partial charge in [-0.3, -0.25) is 9.36 Å². The topological polar surface area (TPSA) is 90.6 Å². The van der Waals surface area contributed by atoms with Crippen LogP contribution in [0.15, 0.2) is 83.1 Å². The standard InChI is InChI=1S/C27H27N5O3S/c1-18-10-12-20(13-11-18)26-30-31-27(32(26)22-8-6-5-7-9-22)36-17-25(33)29-28-19(2)21-14-15-23(34-3)24(16-21)35-4/h5-16H,17H2,1-4H3,(H,29,33)/b28-19-. The molecule has 0 aliphatic carbocycles. The molecule has 1 amide bonds. The molecule has 184 valence electrons. The van der Waals surface area contributed by atoms with Crippen LogP contribution < -0.4 is 14.9 Å². The summed E-state index contributed by atoms with van der Waals surface area (Å²) in [4.78, 5) is 12.6. The number of aryl methyl sites for hydroxylation is 1. The van der Waals surface area contributed by atoms with Crippen LogP contribution in [0.4, 0.5) is 0 Å². The predicted octanol–water partition coefficient (Wildman–Crippen LogP) is 4.89. The Morgan fingerprint density at radius 2 is 1.69 bits per heavy atom. The number of hydrogen-bond donors (Lipinski definition) is 1. The van der Waals surface area contributed by atoms with Crippen molar-refractivity contribution in [2.24, 2.45) is 5.10 Å². The summed E-state index contributed by atoms with van der Waals surface area (Å²) in [6, 6.07) is 23.4. The number of aromatic nitrogens is 3. The lowest BCUT2D eigenvalue weighted by atomic mass is 10.1. The van der Waals surface area contributed by atoms with E-state index in [2.05, 4.69) is 20.7 Å². The van der Waals surface area contributed by atoms with Crippen LogP contribution >= 0.6 is 11.8 Å². The molecule has 4 aromatic rings. The first-order valence-electron chi connectivity index (χ1n) is 11.3. The van der Waals surface area contributed by atoms with E-state index in [1.165, 1.54) is 17.3 Å². The Bertz CT molecular complexity index is 1370. The molecule has 8 nitrogen and oxygen atoms in total. The number of para-hydroxylation sites is 1. The summed E-state index contributed by atoms with van der Waals surface area (Å²) in [5.41, 5.74) is 7.11. The lowest BCUT2D eigenvalue weighted by molar-refractivity contribution is -0.118. The van der Waals surface area contributed by atoms with E-state index in [0.29, 0.717) is 28.2 Å². The first-order valence-corrected chi connectivity index (χ1v) is 12.2. The molecule has 36 heavy (non-hydrogen) atoms. The number of amides is 1. The van der Waals surface area contributed by atoms with Gasteiger partial charge in [0.2, 0.25) is 0 Å². The lowest BCUT2D eigenvalue weighted by Gasteiger charge is -2.10. The number of methoxy groups -OCH3 is 2. The van der Waals surface area contributed by atoms with E-state index in [9.17, 15) is 4.79 Å². The second kappa shape index (κ2) is 11.5. The van der Waals surface area contributed by atoms with Crippen molar-refractivity contribution >= 4 is 23.4 Å². The van der Waals surface area contributed by atoms with Gasteiger partial charge in [0.25, 0.3) is 5.91 Å². The molecule has 0 bridgehead atoms. The van der Waals surface area contributed by atoms with E-state index in [4.69, 9.17) is 9.47 Å². The highest BCUT2D eigenvalue weighted by atomic mass is 32.2. The maximum atomic E-state index is 12.6. The number of ether oxygens (including phenoxy) is 2. The number of hydrazone groups is 1. The number of benzene rings is 3. The summed E-state index contributed by atoms with van der Waals surface area (Å²) in [6.07, 6.45) is 0. The van der Waals surface area contributed by atoms with Gasteiger partial charge in [-0.1, -0.05) is 59.8 Å². The maximum absolute atomic E-state index is 12.6. The molecule has 3 aromatic carbocycles. The van der Waals surface area contributed by atoms with Crippen molar-refractivity contribution in [1.29, 1.82) is 0 Å². The molecule has 0 atom stereocenters. The number of nitrogens with zero attached hydrogens (tertiary/aromatic N) is 4. The quantitative estimate of drug-likeness (QED) is 0.199. The molecule has 0 saturated heterocycles. The molecule has 0 saturated carbocycles. The van der Waals surface area contributed by atoms with Crippen LogP contribution in [-0.2, 0) is 4.79 Å². The largest absolute Gasteiger partial charge is 0.493 e. The minimum atomic E-state index is -0.251. The van der Waals surface area contributed by atoms with Crippen LogP contribution in [0.2, 0.25) is 0 Å². The Labute approximate surface area is 214 Å². The van der Waals surface area contributed by atoms with E-state index in [0.717, 1.165) is 16.8 Å². The minimum Gasteiger partial charge on any atom is -0.493 e. The third-order valence-electron chi connectivity index (χ3n) is 5.44. The van der Waals surface area contributed by atoms with Gasteiger partial charge in [-0.05, 0) is 44.2 Å². The fourth-order valence-electron chi connectivity index (χ4n) is 3.50. The Morgan fingerprint density at radius 3 is 2.39 bits per heavy atom. The van der Waals surface area contributed by atoms with Crippen molar-refractivity contribution in [1.82, 2.24) is 20.2 Å². The van der Waals surface area contributed by atoms with Crippen molar-refractivity contribution in [2.75, 3.05) is 20.0 Å². The average Bonchev–Trinajstić information content (AvgIpc) is 3.35. The van der Waals surface area contributed by atoms with Crippen molar-refractivity contribution in [3.8, 4) is 28.6 Å². The lowest BCUT2D eigenvalue weighted by Crippen LogP contribution is -2.21. The van der Waals surface area contributed by atoms with Gasteiger partial charge in [0.1, 0.15) is 0 Å². The summed E-state index contributed by atoms with van der Waals surface area (Å²) >= 11 is 1.30. The zero-order valence-electron chi connectivity index (χ0n) is 20.6. The third kappa shape index (κ3) is 5.75. The van der Waals surface area contributed by atoms with Crippen LogP contribution in [0.5, 0.6) is 11.5 Å². The second-order valence-corrected chi connectivity index (χ2v) is 8.88. The Hall–Kier alpha value is -4.11. The first-order chi connectivity index (χ1) is 17.5. The zero-order chi connectivity index (χ0) is 25.5. The van der Waals surface area contributed by atoms with Gasteiger partial charge in [0, 0.05) is 16.8 Å². The van der Waals surface area contributed by atoms with Crippen molar-refractivity contribution in [3.05, 3.63) is 83.9 Å². The molecule has 9 heteroatoms. The Kier molecular flexibility index (Phi) is 8.02. The van der Waals surface area contributed by atoms with Gasteiger partial charge in [0.15, 0.2) is 22.5 Å². The summed E-state index contributed by atoms with van der Waals surface area (Å²) in [7, 11) is 3.16. The average molecular weight is 502 g/mol. The van der Waals surface area contributed by atoms with Crippen molar-refractivity contribution in [3.63, 3.8) is 0 Å². The molecule has 0 fully saturated rings. The smallest absolute Gasteiger partial charge is 0.250 e. The van der Waals surface area contributed by atoms with E-state index in [1.54, 1.807) is 20.3 Å². The predicted molar refractivity (Wildman–Crippen MR) is 142 cm³/mol. The molecule has 1 heterocycles. The summed E-state index contributed by atoms with van der Waals surface area (Å²) in [5.74, 6) is 1.81. The summed E-state index contributed by atoms with van der Waals surface area (Å²) in [5, 5.41) is 13.7. The summed E-state index contributed by atoms with van der Waals surface area (Å²) in [6.45, 7) is 3.86. The van der Waals surface area contributed by atoms with Crippen molar-refractivity contribution in [2.45, 2.75) is 19.0 Å². The van der Waals surface area contributed by atoms with Crippen LogP contribution in [-0.4, -0.2) is 46.4 Å². The number of hydrogen-bond acceptors (Lipinski definition) is 7. The Balaban J connectivity index is 1.49. The maximum Gasteiger partial charge on any atom is 0.250 e. The zero-order valence-corrected chi connectivity index (χ0v) is 21.4. The van der Waals surface area contributed by atoms with Crippen LogP contribution in [0.1, 0.15) is 18.1 Å². The van der Waals surface area contributed by atoms with Crippen LogP contribution in [0, 0.1) is 6.92 Å². The third-order valence-corrected chi connectivity index (χ3v) is 6.37. The highest BCUT2D eigenvalue weighted by Gasteiger charge is 2.17. The fourth-order valence-corrected chi connectivity index (χ4v) is 4.24. The number of thioether (sulfide) groups is 1. The molecule has 4 rings (SSSR count). The molecule has 1 N–H and O–H groups in total. The van der Waals surface area contributed by atoms with E-state index in [1.807, 2.05) is 85.1 Å². The molecule has 0 aliphatic heterocycles. The first kappa shape index (κ1) is 25.0. The molecule has 0 unspecified atom stereocenters. The van der Waals surface area contributed by atoms with Crippen molar-refractivity contribution < 1.29 is 14.3 Å². The van der Waals surface area contributed by atoms with Crippen LogP contribution in [0.3, 0.4) is 0 Å². The normalized spacial score (nSPS) is 11.3. The molecule has 0 radical (unpaired) electrons. The monoisotopic (exact) mass is 501 g/mol. The highest BCUT2D eigenvalue weighted by molar-refractivity contribution is 7.99. The van der Waals surface area contributed by atoms with Crippen LogP contribution in [0.25, 0.3) is 17.1 Å². The molecule has 0 aliphatic rings.